The predicted octanol–water partition coefficient (Wildman–Crippen LogP) is 15.1. The van der Waals surface area contributed by atoms with Crippen molar-refractivity contribution in [2.45, 2.75) is 6.92 Å². The zero-order valence-electron chi connectivity index (χ0n) is 30.3. The Morgan fingerprint density at radius 2 is 0.907 bits per heavy atom. The van der Waals surface area contributed by atoms with Crippen LogP contribution in [0.1, 0.15) is 11.1 Å². The molecule has 0 saturated carbocycles. The van der Waals surface area contributed by atoms with Crippen LogP contribution < -0.4 is 4.90 Å². The van der Waals surface area contributed by atoms with E-state index >= 15 is 0 Å². The minimum absolute atomic E-state index is 1.09. The van der Waals surface area contributed by atoms with Gasteiger partial charge in [0, 0.05) is 17.1 Å². The highest BCUT2D eigenvalue weighted by Gasteiger charge is 2.17. The van der Waals surface area contributed by atoms with E-state index in [1.54, 1.807) is 0 Å². The minimum atomic E-state index is 1.09. The summed E-state index contributed by atoms with van der Waals surface area (Å²) in [5.41, 5.74) is 15.3. The predicted molar refractivity (Wildman–Crippen MR) is 233 cm³/mol. The molecule has 0 bridgehead atoms. The van der Waals surface area contributed by atoms with Crippen molar-refractivity contribution in [3.05, 3.63) is 218 Å². The third kappa shape index (κ3) is 6.16. The Morgan fingerprint density at radius 3 is 1.65 bits per heavy atom. The average Bonchev–Trinajstić information content (AvgIpc) is 3.24. The second kappa shape index (κ2) is 14.2. The molecule has 0 atom stereocenters. The molecular formula is C53H39N. The molecule has 54 heavy (non-hydrogen) atoms. The standard InChI is InChI=1S/C53H39N/c1-3-38-13-7-9-19-48(38)52-36-47(30-23-37(52)2)54(46-33-28-43(29-34-46)50-21-11-17-41-16-8-10-20-49(41)50)45-31-26-39(27-32-45)44-25-24-42-18-12-22-51(53(42)35-44)40-14-5-4-6-15-40/h3-36H,1H2,2H3. The molecule has 0 heterocycles. The summed E-state index contributed by atoms with van der Waals surface area (Å²) in [6.45, 7) is 6.30. The summed E-state index contributed by atoms with van der Waals surface area (Å²) in [5.74, 6) is 0. The van der Waals surface area contributed by atoms with Crippen molar-refractivity contribution in [2.24, 2.45) is 0 Å². The van der Waals surface area contributed by atoms with Gasteiger partial charge in [0.05, 0.1) is 0 Å². The Balaban J connectivity index is 1.14. The van der Waals surface area contributed by atoms with Crippen molar-refractivity contribution >= 4 is 44.7 Å². The lowest BCUT2D eigenvalue weighted by atomic mass is 9.94. The van der Waals surface area contributed by atoms with Gasteiger partial charge < -0.3 is 4.90 Å². The number of hydrogen-bond acceptors (Lipinski definition) is 1. The third-order valence-corrected chi connectivity index (χ3v) is 10.6. The summed E-state index contributed by atoms with van der Waals surface area (Å²) >= 11 is 0. The van der Waals surface area contributed by atoms with Crippen LogP contribution in [0.3, 0.4) is 0 Å². The zero-order valence-corrected chi connectivity index (χ0v) is 30.3. The first-order chi connectivity index (χ1) is 26.6. The number of aryl methyl sites for hydroxylation is 1. The maximum Gasteiger partial charge on any atom is 0.0467 e. The molecule has 0 aromatic heterocycles. The van der Waals surface area contributed by atoms with E-state index in [0.29, 0.717) is 0 Å². The van der Waals surface area contributed by atoms with E-state index in [-0.39, 0.29) is 0 Å². The second-order valence-corrected chi connectivity index (χ2v) is 13.9. The summed E-state index contributed by atoms with van der Waals surface area (Å²) in [6.07, 6.45) is 1.94. The molecule has 0 amide bonds. The number of rotatable bonds is 8. The Labute approximate surface area is 317 Å². The molecule has 0 N–H and O–H groups in total. The molecule has 0 aliphatic carbocycles. The van der Waals surface area contributed by atoms with Gasteiger partial charge in [-0.25, -0.2) is 0 Å². The van der Waals surface area contributed by atoms with Crippen molar-refractivity contribution < 1.29 is 0 Å². The maximum atomic E-state index is 4.11. The summed E-state index contributed by atoms with van der Waals surface area (Å²) in [6, 6.07) is 72.4. The lowest BCUT2D eigenvalue weighted by Gasteiger charge is -2.27. The fourth-order valence-electron chi connectivity index (χ4n) is 7.80. The highest BCUT2D eigenvalue weighted by molar-refractivity contribution is 5.99. The van der Waals surface area contributed by atoms with Gasteiger partial charge in [-0.05, 0) is 127 Å². The first-order valence-corrected chi connectivity index (χ1v) is 18.5. The largest absolute Gasteiger partial charge is 0.310 e. The molecule has 0 fully saturated rings. The highest BCUT2D eigenvalue weighted by Crippen LogP contribution is 2.41. The van der Waals surface area contributed by atoms with E-state index in [0.717, 1.165) is 22.6 Å². The molecule has 1 heteroatoms. The Morgan fingerprint density at radius 1 is 0.370 bits per heavy atom. The average molecular weight is 690 g/mol. The molecular weight excluding hydrogens is 651 g/mol. The van der Waals surface area contributed by atoms with E-state index in [2.05, 4.69) is 219 Å². The van der Waals surface area contributed by atoms with E-state index in [1.807, 2.05) is 6.08 Å². The molecule has 0 aliphatic heterocycles. The second-order valence-electron chi connectivity index (χ2n) is 13.9. The molecule has 9 rings (SSSR count). The lowest BCUT2D eigenvalue weighted by Crippen LogP contribution is -2.10. The van der Waals surface area contributed by atoms with Gasteiger partial charge in [0.25, 0.3) is 0 Å². The molecule has 0 radical (unpaired) electrons. The molecule has 9 aromatic rings. The van der Waals surface area contributed by atoms with Crippen LogP contribution in [0.25, 0.3) is 72.1 Å². The van der Waals surface area contributed by atoms with Crippen LogP contribution in [-0.2, 0) is 0 Å². The van der Waals surface area contributed by atoms with Crippen molar-refractivity contribution in [1.29, 1.82) is 0 Å². The first kappa shape index (κ1) is 32.9. The molecule has 0 saturated heterocycles. The monoisotopic (exact) mass is 689 g/mol. The molecule has 0 aliphatic rings. The van der Waals surface area contributed by atoms with Crippen molar-refractivity contribution in [3.63, 3.8) is 0 Å². The fraction of sp³-hybridized carbons (Fsp3) is 0.0189. The summed E-state index contributed by atoms with van der Waals surface area (Å²) in [7, 11) is 0. The third-order valence-electron chi connectivity index (χ3n) is 10.6. The molecule has 0 spiro atoms. The van der Waals surface area contributed by atoms with Gasteiger partial charge in [0.15, 0.2) is 0 Å². The van der Waals surface area contributed by atoms with Crippen LogP contribution in [-0.4, -0.2) is 0 Å². The van der Waals surface area contributed by atoms with Crippen LogP contribution >= 0.6 is 0 Å². The van der Waals surface area contributed by atoms with Crippen LogP contribution in [0.15, 0.2) is 207 Å². The summed E-state index contributed by atoms with van der Waals surface area (Å²) in [5, 5.41) is 5.00. The van der Waals surface area contributed by atoms with Crippen LogP contribution in [0.5, 0.6) is 0 Å². The minimum Gasteiger partial charge on any atom is -0.310 e. The number of nitrogens with zero attached hydrogens (tertiary/aromatic N) is 1. The number of benzene rings is 9. The van der Waals surface area contributed by atoms with Crippen molar-refractivity contribution in [3.8, 4) is 44.5 Å². The maximum absolute atomic E-state index is 4.11. The van der Waals surface area contributed by atoms with Gasteiger partial charge >= 0.3 is 0 Å². The van der Waals surface area contributed by atoms with E-state index in [1.165, 1.54) is 71.6 Å². The molecule has 1 nitrogen and oxygen atoms in total. The Bertz CT molecular complexity index is 2770. The van der Waals surface area contributed by atoms with Crippen molar-refractivity contribution in [2.75, 3.05) is 4.90 Å². The van der Waals surface area contributed by atoms with Gasteiger partial charge in [-0.3, -0.25) is 0 Å². The lowest BCUT2D eigenvalue weighted by molar-refractivity contribution is 1.27. The van der Waals surface area contributed by atoms with E-state index in [4.69, 9.17) is 0 Å². The Hall–Kier alpha value is -6.96. The smallest absolute Gasteiger partial charge is 0.0467 e. The number of fused-ring (bicyclic) bond motifs is 2. The zero-order chi connectivity index (χ0) is 36.4. The van der Waals surface area contributed by atoms with E-state index in [9.17, 15) is 0 Å². The van der Waals surface area contributed by atoms with Gasteiger partial charge in [0.2, 0.25) is 0 Å². The van der Waals surface area contributed by atoms with Gasteiger partial charge in [-0.1, -0.05) is 170 Å². The van der Waals surface area contributed by atoms with Crippen molar-refractivity contribution in [1.82, 2.24) is 0 Å². The highest BCUT2D eigenvalue weighted by atomic mass is 15.1. The SMILES string of the molecule is C=Cc1ccccc1-c1cc(N(c2ccc(-c3ccc4cccc(-c5ccccc5)c4c3)cc2)c2ccc(-c3cccc4ccccc34)cc2)ccc1C. The molecule has 9 aromatic carbocycles. The summed E-state index contributed by atoms with van der Waals surface area (Å²) < 4.78 is 0. The first-order valence-electron chi connectivity index (χ1n) is 18.5. The fourth-order valence-corrected chi connectivity index (χ4v) is 7.80. The molecule has 256 valence electrons. The van der Waals surface area contributed by atoms with Crippen LogP contribution in [0, 0.1) is 6.92 Å². The number of anilines is 3. The van der Waals surface area contributed by atoms with Gasteiger partial charge in [-0.15, -0.1) is 0 Å². The quantitative estimate of drug-likeness (QED) is 0.153. The Kier molecular flexibility index (Phi) is 8.67. The van der Waals surface area contributed by atoms with Gasteiger partial charge in [-0.2, -0.15) is 0 Å². The van der Waals surface area contributed by atoms with Crippen LogP contribution in [0.4, 0.5) is 17.1 Å². The van der Waals surface area contributed by atoms with E-state index < -0.39 is 0 Å². The topological polar surface area (TPSA) is 3.24 Å². The number of hydrogen-bond donors (Lipinski definition) is 0. The molecule has 0 unspecified atom stereocenters. The van der Waals surface area contributed by atoms with Gasteiger partial charge in [0.1, 0.15) is 0 Å². The summed E-state index contributed by atoms with van der Waals surface area (Å²) in [4.78, 5) is 2.37. The normalized spacial score (nSPS) is 11.1. The van der Waals surface area contributed by atoms with Crippen LogP contribution in [0.2, 0.25) is 0 Å².